The van der Waals surface area contributed by atoms with Gasteiger partial charge in [0.1, 0.15) is 0 Å². The van der Waals surface area contributed by atoms with Crippen LogP contribution in [0.4, 0.5) is 11.4 Å². The van der Waals surface area contributed by atoms with Crippen molar-refractivity contribution in [2.75, 3.05) is 10.0 Å². The highest BCUT2D eigenvalue weighted by molar-refractivity contribution is 7.92. The smallest absolute Gasteiger partial charge is 0.262 e. The zero-order valence-electron chi connectivity index (χ0n) is 14.9. The molecule has 27 heavy (non-hydrogen) atoms. The molecule has 1 aromatic heterocycles. The lowest BCUT2D eigenvalue weighted by Crippen LogP contribution is -2.17. The monoisotopic (exact) mass is 381 g/mol. The minimum absolute atomic E-state index is 0.0582. The number of anilines is 2. The number of hydrogen-bond donors (Lipinski definition) is 2. The minimum atomic E-state index is -3.83. The van der Waals surface area contributed by atoms with Gasteiger partial charge in [0.2, 0.25) is 0 Å². The van der Waals surface area contributed by atoms with Crippen molar-refractivity contribution >= 4 is 27.3 Å². The zero-order valence-corrected chi connectivity index (χ0v) is 15.7. The summed E-state index contributed by atoms with van der Waals surface area (Å²) in [7, 11) is -3.83. The van der Waals surface area contributed by atoms with E-state index < -0.39 is 15.9 Å². The second-order valence-electron chi connectivity index (χ2n) is 6.15. The van der Waals surface area contributed by atoms with Crippen LogP contribution >= 0.6 is 0 Å². The van der Waals surface area contributed by atoms with Crippen LogP contribution in [0, 0.1) is 13.8 Å². The molecule has 0 aliphatic rings. The van der Waals surface area contributed by atoms with Gasteiger partial charge in [0.25, 0.3) is 15.9 Å². The van der Waals surface area contributed by atoms with Crippen LogP contribution in [0.2, 0.25) is 0 Å². The van der Waals surface area contributed by atoms with Gasteiger partial charge in [-0.3, -0.25) is 14.5 Å². The molecule has 7 heteroatoms. The normalized spacial score (nSPS) is 11.0. The summed E-state index contributed by atoms with van der Waals surface area (Å²) in [6.45, 7) is 3.57. The number of aromatic nitrogens is 1. The lowest BCUT2D eigenvalue weighted by molar-refractivity contribution is 0.102. The van der Waals surface area contributed by atoms with Crippen molar-refractivity contribution in [3.63, 3.8) is 0 Å². The quantitative estimate of drug-likeness (QED) is 0.704. The van der Waals surface area contributed by atoms with Gasteiger partial charge in [-0.1, -0.05) is 18.2 Å². The topological polar surface area (TPSA) is 88.2 Å². The number of sulfonamides is 1. The molecular formula is C20H19N3O3S. The van der Waals surface area contributed by atoms with Gasteiger partial charge in [-0.15, -0.1) is 0 Å². The second-order valence-corrected chi connectivity index (χ2v) is 7.80. The molecule has 3 aromatic rings. The third-order valence-corrected chi connectivity index (χ3v) is 5.45. The van der Waals surface area contributed by atoms with Gasteiger partial charge in [-0.05, 0) is 61.4 Å². The number of rotatable bonds is 5. The molecule has 0 aliphatic carbocycles. The number of nitrogens with zero attached hydrogens (tertiary/aromatic N) is 1. The molecule has 6 nitrogen and oxygen atoms in total. The number of pyridine rings is 1. The predicted octanol–water partition coefficient (Wildman–Crippen LogP) is 3.75. The van der Waals surface area contributed by atoms with Crippen LogP contribution in [-0.2, 0) is 10.0 Å². The maximum atomic E-state index is 12.8. The molecule has 2 N–H and O–H groups in total. The van der Waals surface area contributed by atoms with Crippen molar-refractivity contribution < 1.29 is 13.2 Å². The van der Waals surface area contributed by atoms with Gasteiger partial charge < -0.3 is 5.32 Å². The first-order chi connectivity index (χ1) is 12.8. The summed E-state index contributed by atoms with van der Waals surface area (Å²) in [5.74, 6) is -0.407. The van der Waals surface area contributed by atoms with Crippen LogP contribution in [-0.4, -0.2) is 19.3 Å². The van der Waals surface area contributed by atoms with Gasteiger partial charge in [-0.25, -0.2) is 8.42 Å². The Bertz CT molecular complexity index is 1080. The Balaban J connectivity index is 1.89. The molecule has 0 saturated carbocycles. The SMILES string of the molecule is Cc1cccc(NS(=O)(=O)c2cc(C(=O)Nc3cccnc3)ccc2C)c1. The molecule has 0 aliphatic heterocycles. The number of amides is 1. The molecule has 0 fully saturated rings. The largest absolute Gasteiger partial charge is 0.321 e. The molecule has 2 aromatic carbocycles. The van der Waals surface area contributed by atoms with Crippen LogP contribution in [0.1, 0.15) is 21.5 Å². The lowest BCUT2D eigenvalue weighted by atomic mass is 10.1. The third kappa shape index (κ3) is 4.51. The van der Waals surface area contributed by atoms with Crippen molar-refractivity contribution in [3.05, 3.63) is 83.7 Å². The zero-order chi connectivity index (χ0) is 19.4. The minimum Gasteiger partial charge on any atom is -0.321 e. The van der Waals surface area contributed by atoms with Crippen LogP contribution in [0.5, 0.6) is 0 Å². The van der Waals surface area contributed by atoms with E-state index in [1.165, 1.54) is 12.3 Å². The maximum absolute atomic E-state index is 12.8. The Morgan fingerprint density at radius 3 is 2.44 bits per heavy atom. The number of carbonyl (C=O) groups excluding carboxylic acids is 1. The van der Waals surface area contributed by atoms with E-state index in [0.29, 0.717) is 16.9 Å². The standard InChI is InChI=1S/C20H19N3O3S/c1-14-5-3-6-17(11-14)23-27(25,26)19-12-16(9-8-15(19)2)20(24)22-18-7-4-10-21-13-18/h3-13,23H,1-2H3,(H,22,24). The fourth-order valence-corrected chi connectivity index (χ4v) is 3.91. The van der Waals surface area contributed by atoms with Gasteiger partial charge in [-0.2, -0.15) is 0 Å². The van der Waals surface area contributed by atoms with Crippen LogP contribution in [0.25, 0.3) is 0 Å². The van der Waals surface area contributed by atoms with Crippen LogP contribution < -0.4 is 10.0 Å². The third-order valence-electron chi connectivity index (χ3n) is 3.93. The van der Waals surface area contributed by atoms with Crippen molar-refractivity contribution in [2.45, 2.75) is 18.7 Å². The first kappa shape index (κ1) is 18.6. The van der Waals surface area contributed by atoms with Crippen molar-refractivity contribution in [1.82, 2.24) is 4.98 Å². The summed E-state index contributed by atoms with van der Waals surface area (Å²) >= 11 is 0. The van der Waals surface area contributed by atoms with Crippen LogP contribution in [0.15, 0.2) is 71.9 Å². The highest BCUT2D eigenvalue weighted by Gasteiger charge is 2.19. The number of aryl methyl sites for hydroxylation is 2. The summed E-state index contributed by atoms with van der Waals surface area (Å²) in [5, 5.41) is 2.70. The molecule has 0 spiro atoms. The first-order valence-corrected chi connectivity index (χ1v) is 9.75. The van der Waals surface area contributed by atoms with Gasteiger partial charge >= 0.3 is 0 Å². The molecule has 0 saturated heterocycles. The number of hydrogen-bond acceptors (Lipinski definition) is 4. The van der Waals surface area contributed by atoms with E-state index in [2.05, 4.69) is 15.0 Å². The average molecular weight is 381 g/mol. The number of carbonyl (C=O) groups is 1. The molecule has 138 valence electrons. The average Bonchev–Trinajstić information content (AvgIpc) is 2.62. The van der Waals surface area contributed by atoms with E-state index in [4.69, 9.17) is 0 Å². The summed E-state index contributed by atoms with van der Waals surface area (Å²) in [6.07, 6.45) is 3.12. The van der Waals surface area contributed by atoms with Crippen molar-refractivity contribution in [2.24, 2.45) is 0 Å². The fraction of sp³-hybridized carbons (Fsp3) is 0.100. The Morgan fingerprint density at radius 1 is 0.963 bits per heavy atom. The van der Waals surface area contributed by atoms with Crippen molar-refractivity contribution in [1.29, 1.82) is 0 Å². The molecule has 3 rings (SSSR count). The van der Waals surface area contributed by atoms with Gasteiger partial charge in [0.15, 0.2) is 0 Å². The highest BCUT2D eigenvalue weighted by Crippen LogP contribution is 2.22. The number of nitrogens with one attached hydrogen (secondary N) is 2. The molecule has 0 radical (unpaired) electrons. The highest BCUT2D eigenvalue weighted by atomic mass is 32.2. The summed E-state index contributed by atoms with van der Waals surface area (Å²) in [5.41, 5.74) is 2.74. The summed E-state index contributed by atoms with van der Waals surface area (Å²) in [6, 6.07) is 15.1. The Kier molecular flexibility index (Phi) is 5.23. The molecular weight excluding hydrogens is 362 g/mol. The molecule has 1 heterocycles. The first-order valence-electron chi connectivity index (χ1n) is 8.27. The van der Waals surface area contributed by atoms with E-state index >= 15 is 0 Å². The van der Waals surface area contributed by atoms with E-state index in [9.17, 15) is 13.2 Å². The molecule has 1 amide bonds. The summed E-state index contributed by atoms with van der Waals surface area (Å²) < 4.78 is 28.2. The Labute approximate surface area is 158 Å². The van der Waals surface area contributed by atoms with E-state index in [1.807, 2.05) is 13.0 Å². The molecule has 0 bridgehead atoms. The van der Waals surface area contributed by atoms with Gasteiger partial charge in [0, 0.05) is 17.4 Å². The maximum Gasteiger partial charge on any atom is 0.262 e. The lowest BCUT2D eigenvalue weighted by Gasteiger charge is -2.12. The van der Waals surface area contributed by atoms with Gasteiger partial charge in [0.05, 0.1) is 16.8 Å². The van der Waals surface area contributed by atoms with Crippen LogP contribution in [0.3, 0.4) is 0 Å². The van der Waals surface area contributed by atoms with Crippen molar-refractivity contribution in [3.8, 4) is 0 Å². The summed E-state index contributed by atoms with van der Waals surface area (Å²) in [4.78, 5) is 16.4. The number of benzene rings is 2. The Hall–Kier alpha value is -3.19. The predicted molar refractivity (Wildman–Crippen MR) is 105 cm³/mol. The fourth-order valence-electron chi connectivity index (χ4n) is 2.59. The van der Waals surface area contributed by atoms with E-state index in [-0.39, 0.29) is 10.5 Å². The van der Waals surface area contributed by atoms with E-state index in [0.717, 1.165) is 5.56 Å². The molecule has 0 unspecified atom stereocenters. The molecule has 0 atom stereocenters. The second kappa shape index (κ2) is 7.59. The Morgan fingerprint density at radius 2 is 1.74 bits per heavy atom. The van der Waals surface area contributed by atoms with E-state index in [1.54, 1.807) is 55.6 Å².